The molecule has 0 nitrogen and oxygen atoms in total. The maximum absolute atomic E-state index is 2.40. The molecule has 0 aromatic heterocycles. The summed E-state index contributed by atoms with van der Waals surface area (Å²) in [6, 6.07) is 65.4. The van der Waals surface area contributed by atoms with Crippen molar-refractivity contribution in [1.82, 2.24) is 0 Å². The Hall–Kier alpha value is -6.24. The van der Waals surface area contributed by atoms with Gasteiger partial charge in [-0.3, -0.25) is 0 Å². The summed E-state index contributed by atoms with van der Waals surface area (Å²) in [5.74, 6) is 0. The Morgan fingerprint density at radius 2 is 0.469 bits per heavy atom. The van der Waals surface area contributed by atoms with Crippen LogP contribution in [0.4, 0.5) is 0 Å². The van der Waals surface area contributed by atoms with E-state index in [0.29, 0.717) is 0 Å². The minimum Gasteiger partial charge on any atom is -0.0616 e. The van der Waals surface area contributed by atoms with Crippen LogP contribution in [0.1, 0.15) is 5.56 Å². The number of aryl methyl sites for hydroxylation is 1. The van der Waals surface area contributed by atoms with Gasteiger partial charge in [-0.25, -0.2) is 0 Å². The molecule has 0 amide bonds. The van der Waals surface area contributed by atoms with Gasteiger partial charge in [-0.15, -0.1) is 0 Å². The molecule has 228 valence electrons. The third-order valence-electron chi connectivity index (χ3n) is 10.5. The van der Waals surface area contributed by atoms with E-state index in [2.05, 4.69) is 183 Å². The molecule has 0 aliphatic heterocycles. The molecular formula is C49H32. The van der Waals surface area contributed by atoms with Crippen molar-refractivity contribution < 1.29 is 0 Å². The molecule has 10 rings (SSSR count). The highest BCUT2D eigenvalue weighted by molar-refractivity contribution is 6.27. The summed E-state index contributed by atoms with van der Waals surface area (Å²) in [4.78, 5) is 0. The van der Waals surface area contributed by atoms with Crippen LogP contribution >= 0.6 is 0 Å². The van der Waals surface area contributed by atoms with Crippen LogP contribution < -0.4 is 0 Å². The summed E-state index contributed by atoms with van der Waals surface area (Å²) in [5, 5.41) is 15.6. The van der Waals surface area contributed by atoms with Crippen LogP contribution in [0, 0.1) is 6.92 Å². The number of hydrogen-bond acceptors (Lipinski definition) is 0. The third kappa shape index (κ3) is 4.45. The zero-order chi connectivity index (χ0) is 32.5. The van der Waals surface area contributed by atoms with E-state index in [0.717, 1.165) is 0 Å². The van der Waals surface area contributed by atoms with Crippen LogP contribution in [-0.2, 0) is 0 Å². The van der Waals surface area contributed by atoms with E-state index in [1.165, 1.54) is 104 Å². The van der Waals surface area contributed by atoms with Crippen molar-refractivity contribution in [1.29, 1.82) is 0 Å². The number of fused-ring (bicyclic) bond motifs is 12. The number of benzene rings is 10. The first-order valence-corrected chi connectivity index (χ1v) is 17.1. The first kappa shape index (κ1) is 27.8. The zero-order valence-electron chi connectivity index (χ0n) is 27.2. The molecule has 0 spiro atoms. The topological polar surface area (TPSA) is 0 Å². The minimum absolute atomic E-state index is 1.22. The standard InChI is InChI=1S/C49H32/c1-31-18-20-32(21-19-31)35-26-36(33-22-24-46-42-14-4-2-10-38(42)40-12-6-8-16-44(40)48(46)29-33)28-37(27-35)34-23-25-47-43-15-5-3-11-39(43)41-13-7-9-17-45(41)49(47)30-34/h2-30H,1H3. The second-order valence-electron chi connectivity index (χ2n) is 13.4. The van der Waals surface area contributed by atoms with Crippen molar-refractivity contribution in [2.45, 2.75) is 6.92 Å². The maximum atomic E-state index is 2.40. The van der Waals surface area contributed by atoms with Gasteiger partial charge >= 0.3 is 0 Å². The van der Waals surface area contributed by atoms with Crippen LogP contribution in [0.15, 0.2) is 176 Å². The van der Waals surface area contributed by atoms with Crippen molar-refractivity contribution in [2.75, 3.05) is 0 Å². The van der Waals surface area contributed by atoms with Gasteiger partial charge in [0, 0.05) is 0 Å². The Morgan fingerprint density at radius 3 is 0.816 bits per heavy atom. The molecule has 0 aliphatic rings. The molecule has 0 N–H and O–H groups in total. The Balaban J connectivity index is 1.23. The highest BCUT2D eigenvalue weighted by Crippen LogP contribution is 2.41. The Morgan fingerprint density at radius 1 is 0.204 bits per heavy atom. The van der Waals surface area contributed by atoms with Crippen LogP contribution in [0.5, 0.6) is 0 Å². The Kier molecular flexibility index (Phi) is 6.19. The van der Waals surface area contributed by atoms with E-state index >= 15 is 0 Å². The lowest BCUT2D eigenvalue weighted by Gasteiger charge is -2.15. The lowest BCUT2D eigenvalue weighted by Crippen LogP contribution is -1.89. The summed E-state index contributed by atoms with van der Waals surface area (Å²) in [7, 11) is 0. The summed E-state index contributed by atoms with van der Waals surface area (Å²) < 4.78 is 0. The molecular weight excluding hydrogens is 589 g/mol. The van der Waals surface area contributed by atoms with Crippen molar-refractivity contribution >= 4 is 64.6 Å². The van der Waals surface area contributed by atoms with Crippen molar-refractivity contribution in [3.05, 3.63) is 181 Å². The van der Waals surface area contributed by atoms with E-state index in [9.17, 15) is 0 Å². The normalized spacial score (nSPS) is 11.8. The van der Waals surface area contributed by atoms with E-state index < -0.39 is 0 Å². The molecule has 0 bridgehead atoms. The average molecular weight is 621 g/mol. The molecule has 10 aromatic carbocycles. The largest absolute Gasteiger partial charge is 0.0616 e. The molecule has 0 atom stereocenters. The average Bonchev–Trinajstić information content (AvgIpc) is 3.18. The predicted molar refractivity (Wildman–Crippen MR) is 213 cm³/mol. The van der Waals surface area contributed by atoms with Crippen molar-refractivity contribution in [2.24, 2.45) is 0 Å². The molecule has 0 heterocycles. The minimum atomic E-state index is 1.22. The van der Waals surface area contributed by atoms with Crippen molar-refractivity contribution in [3.8, 4) is 33.4 Å². The number of hydrogen-bond donors (Lipinski definition) is 0. The van der Waals surface area contributed by atoms with Gasteiger partial charge in [0.2, 0.25) is 0 Å². The molecule has 0 radical (unpaired) electrons. The fourth-order valence-corrected chi connectivity index (χ4v) is 8.05. The van der Waals surface area contributed by atoms with Crippen LogP contribution in [0.2, 0.25) is 0 Å². The highest BCUT2D eigenvalue weighted by Gasteiger charge is 2.14. The van der Waals surface area contributed by atoms with Crippen LogP contribution in [0.25, 0.3) is 98.0 Å². The molecule has 10 aromatic rings. The van der Waals surface area contributed by atoms with Gasteiger partial charge in [0.1, 0.15) is 0 Å². The lowest BCUT2D eigenvalue weighted by molar-refractivity contribution is 1.47. The zero-order valence-corrected chi connectivity index (χ0v) is 27.2. The van der Waals surface area contributed by atoms with Crippen molar-refractivity contribution in [3.63, 3.8) is 0 Å². The van der Waals surface area contributed by atoms with Gasteiger partial charge in [0.15, 0.2) is 0 Å². The quantitative estimate of drug-likeness (QED) is 0.172. The first-order valence-electron chi connectivity index (χ1n) is 17.1. The van der Waals surface area contributed by atoms with Gasteiger partial charge in [-0.2, -0.15) is 0 Å². The van der Waals surface area contributed by atoms with E-state index in [1.807, 2.05) is 0 Å². The van der Waals surface area contributed by atoms with E-state index in [4.69, 9.17) is 0 Å². The fraction of sp³-hybridized carbons (Fsp3) is 0.0204. The summed E-state index contributed by atoms with van der Waals surface area (Å²) >= 11 is 0. The second-order valence-corrected chi connectivity index (χ2v) is 13.4. The summed E-state index contributed by atoms with van der Waals surface area (Å²) in [5.41, 5.74) is 8.59. The molecule has 49 heavy (non-hydrogen) atoms. The molecule has 0 unspecified atom stereocenters. The van der Waals surface area contributed by atoms with Crippen LogP contribution in [-0.4, -0.2) is 0 Å². The Labute approximate surface area is 285 Å². The lowest BCUT2D eigenvalue weighted by atomic mass is 9.88. The molecule has 0 heteroatoms. The van der Waals surface area contributed by atoms with E-state index in [1.54, 1.807) is 0 Å². The summed E-state index contributed by atoms with van der Waals surface area (Å²) in [6.07, 6.45) is 0. The monoisotopic (exact) mass is 620 g/mol. The van der Waals surface area contributed by atoms with E-state index in [-0.39, 0.29) is 0 Å². The smallest absolute Gasteiger partial charge is 0.00928 e. The van der Waals surface area contributed by atoms with Gasteiger partial charge in [0.25, 0.3) is 0 Å². The van der Waals surface area contributed by atoms with Gasteiger partial charge in [-0.1, -0.05) is 151 Å². The van der Waals surface area contributed by atoms with Gasteiger partial charge in [0.05, 0.1) is 0 Å². The Bertz CT molecular complexity index is 2680. The molecule has 0 aliphatic carbocycles. The maximum Gasteiger partial charge on any atom is -0.00928 e. The SMILES string of the molecule is Cc1ccc(-c2cc(-c3ccc4c5ccccc5c5ccccc5c4c3)cc(-c3ccc4c5ccccc5c5ccccc5c4c3)c2)cc1. The molecule has 0 saturated carbocycles. The molecule has 0 saturated heterocycles. The first-order chi connectivity index (χ1) is 24.2. The second kappa shape index (κ2) is 10.9. The number of rotatable bonds is 3. The fourth-order valence-electron chi connectivity index (χ4n) is 8.05. The molecule has 0 fully saturated rings. The third-order valence-corrected chi connectivity index (χ3v) is 10.5. The predicted octanol–water partition coefficient (Wildman–Crippen LogP) is 13.9. The van der Waals surface area contributed by atoms with Gasteiger partial charge < -0.3 is 0 Å². The van der Waals surface area contributed by atoms with Gasteiger partial charge in [-0.05, 0) is 135 Å². The van der Waals surface area contributed by atoms with Crippen LogP contribution in [0.3, 0.4) is 0 Å². The summed E-state index contributed by atoms with van der Waals surface area (Å²) in [6.45, 7) is 2.15. The highest BCUT2D eigenvalue weighted by atomic mass is 14.2.